The second-order valence-electron chi connectivity index (χ2n) is 8.68. The van der Waals surface area contributed by atoms with Crippen molar-refractivity contribution in [3.8, 4) is 0 Å². The topological polar surface area (TPSA) is 32.3 Å². The fourth-order valence-corrected chi connectivity index (χ4v) is 6.41. The molecule has 1 heterocycles. The Kier molecular flexibility index (Phi) is 3.28. The number of fused-ring (bicyclic) bond motifs is 5. The van der Waals surface area contributed by atoms with E-state index < -0.39 is 0 Å². The van der Waals surface area contributed by atoms with Crippen LogP contribution < -0.4 is 5.32 Å². The molecular weight excluding hydrogens is 258 g/mol. The highest BCUT2D eigenvalue weighted by Crippen LogP contribution is 2.60. The van der Waals surface area contributed by atoms with Crippen molar-refractivity contribution in [2.45, 2.75) is 76.9 Å². The highest BCUT2D eigenvalue weighted by molar-refractivity contribution is 5.25. The normalized spacial score (nSPS) is 53.2. The summed E-state index contributed by atoms with van der Waals surface area (Å²) in [6.45, 7) is 6.22. The van der Waals surface area contributed by atoms with Crippen molar-refractivity contribution in [3.05, 3.63) is 11.6 Å². The molecule has 118 valence electrons. The Labute approximate surface area is 129 Å². The summed E-state index contributed by atoms with van der Waals surface area (Å²) < 4.78 is 0. The third kappa shape index (κ3) is 2.05. The molecule has 3 fully saturated rings. The smallest absolute Gasteiger partial charge is 0.0577 e. The van der Waals surface area contributed by atoms with Crippen molar-refractivity contribution >= 4 is 0 Å². The number of hydrogen-bond acceptors (Lipinski definition) is 2. The predicted molar refractivity (Wildman–Crippen MR) is 86.0 cm³/mol. The van der Waals surface area contributed by atoms with Gasteiger partial charge in [0, 0.05) is 5.54 Å². The molecule has 4 rings (SSSR count). The lowest BCUT2D eigenvalue weighted by Gasteiger charge is -2.60. The molecule has 0 aromatic carbocycles. The molecule has 21 heavy (non-hydrogen) atoms. The lowest BCUT2D eigenvalue weighted by atomic mass is 9.48. The number of allylic oxidation sites excluding steroid dienone is 1. The summed E-state index contributed by atoms with van der Waals surface area (Å²) in [6, 6.07) is 0. The zero-order chi connectivity index (χ0) is 14.7. The first-order chi connectivity index (χ1) is 10.0. The lowest BCUT2D eigenvalue weighted by molar-refractivity contribution is -0.0423. The molecule has 2 nitrogen and oxygen atoms in total. The summed E-state index contributed by atoms with van der Waals surface area (Å²) >= 11 is 0. The van der Waals surface area contributed by atoms with Gasteiger partial charge in [-0.05, 0) is 88.0 Å². The molecular formula is C19H31NO. The quantitative estimate of drug-likeness (QED) is 0.667. The van der Waals surface area contributed by atoms with Gasteiger partial charge in [-0.2, -0.15) is 0 Å². The van der Waals surface area contributed by atoms with Crippen LogP contribution in [0.15, 0.2) is 11.6 Å². The second kappa shape index (κ2) is 4.83. The van der Waals surface area contributed by atoms with Crippen LogP contribution in [-0.4, -0.2) is 23.3 Å². The monoisotopic (exact) mass is 289 g/mol. The summed E-state index contributed by atoms with van der Waals surface area (Å²) in [5, 5.41) is 13.9. The standard InChI is InChI=1S/C19H31NO/c1-18-9-7-14(21)12-13(18)5-6-15-16(18)8-10-19(2)17(15)4-3-11-20-19/h5,14-17,20-21H,3-4,6-12H2,1-2H3. The Bertz CT molecular complexity index is 458. The molecule has 3 aliphatic carbocycles. The van der Waals surface area contributed by atoms with Crippen molar-refractivity contribution in [3.63, 3.8) is 0 Å². The van der Waals surface area contributed by atoms with Crippen LogP contribution >= 0.6 is 0 Å². The average molecular weight is 289 g/mol. The molecule has 0 radical (unpaired) electrons. The van der Waals surface area contributed by atoms with Gasteiger partial charge in [-0.1, -0.05) is 18.6 Å². The van der Waals surface area contributed by atoms with Crippen LogP contribution in [0, 0.1) is 23.2 Å². The molecule has 0 amide bonds. The van der Waals surface area contributed by atoms with Crippen LogP contribution in [0.25, 0.3) is 0 Å². The van der Waals surface area contributed by atoms with E-state index in [4.69, 9.17) is 0 Å². The van der Waals surface area contributed by atoms with Gasteiger partial charge in [-0.15, -0.1) is 0 Å². The Morgan fingerprint density at radius 2 is 2.00 bits per heavy atom. The van der Waals surface area contributed by atoms with Crippen molar-refractivity contribution in [1.29, 1.82) is 0 Å². The number of rotatable bonds is 0. The fraction of sp³-hybridized carbons (Fsp3) is 0.895. The van der Waals surface area contributed by atoms with Gasteiger partial charge in [0.15, 0.2) is 0 Å². The van der Waals surface area contributed by atoms with Crippen molar-refractivity contribution in [2.24, 2.45) is 23.2 Å². The number of piperidine rings is 1. The molecule has 6 atom stereocenters. The maximum absolute atomic E-state index is 10.0. The highest BCUT2D eigenvalue weighted by Gasteiger charge is 2.54. The number of nitrogens with one attached hydrogen (secondary N) is 1. The van der Waals surface area contributed by atoms with Crippen molar-refractivity contribution in [1.82, 2.24) is 5.32 Å². The van der Waals surface area contributed by atoms with Gasteiger partial charge in [0.2, 0.25) is 0 Å². The van der Waals surface area contributed by atoms with Gasteiger partial charge in [0.25, 0.3) is 0 Å². The third-order valence-corrected chi connectivity index (χ3v) is 7.69. The molecule has 1 saturated heterocycles. The molecule has 0 aromatic heterocycles. The molecule has 6 unspecified atom stereocenters. The van der Waals surface area contributed by atoms with E-state index in [2.05, 4.69) is 25.2 Å². The van der Waals surface area contributed by atoms with Crippen LogP contribution in [0.3, 0.4) is 0 Å². The summed E-state index contributed by atoms with van der Waals surface area (Å²) in [5.41, 5.74) is 2.38. The fourth-order valence-electron chi connectivity index (χ4n) is 6.41. The van der Waals surface area contributed by atoms with E-state index in [1.807, 2.05) is 0 Å². The van der Waals surface area contributed by atoms with E-state index in [1.54, 1.807) is 5.57 Å². The maximum atomic E-state index is 10.0. The molecule has 0 bridgehead atoms. The molecule has 2 N–H and O–H groups in total. The average Bonchev–Trinajstić information content (AvgIpc) is 2.47. The first kappa shape index (κ1) is 14.3. The summed E-state index contributed by atoms with van der Waals surface area (Å²) in [4.78, 5) is 0. The largest absolute Gasteiger partial charge is 0.393 e. The second-order valence-corrected chi connectivity index (χ2v) is 8.68. The van der Waals surface area contributed by atoms with Gasteiger partial charge in [-0.25, -0.2) is 0 Å². The minimum absolute atomic E-state index is 0.0777. The van der Waals surface area contributed by atoms with E-state index >= 15 is 0 Å². The van der Waals surface area contributed by atoms with Crippen molar-refractivity contribution in [2.75, 3.05) is 6.54 Å². The SMILES string of the molecule is CC12CCC3C(CC=C4CC(O)CCC43C)C1CCCN2. The van der Waals surface area contributed by atoms with Crippen LogP contribution in [-0.2, 0) is 0 Å². The zero-order valence-corrected chi connectivity index (χ0v) is 13.7. The Hall–Kier alpha value is -0.340. The van der Waals surface area contributed by atoms with Gasteiger partial charge in [-0.3, -0.25) is 0 Å². The van der Waals surface area contributed by atoms with Crippen molar-refractivity contribution < 1.29 is 5.11 Å². The first-order valence-corrected chi connectivity index (χ1v) is 9.15. The maximum Gasteiger partial charge on any atom is 0.0577 e. The number of aliphatic hydroxyl groups excluding tert-OH is 1. The van der Waals surface area contributed by atoms with E-state index in [0.29, 0.717) is 11.0 Å². The predicted octanol–water partition coefficient (Wildman–Crippen LogP) is 3.65. The third-order valence-electron chi connectivity index (χ3n) is 7.69. The van der Waals surface area contributed by atoms with E-state index in [1.165, 1.54) is 45.1 Å². The first-order valence-electron chi connectivity index (χ1n) is 9.15. The molecule has 0 spiro atoms. The van der Waals surface area contributed by atoms with E-state index in [-0.39, 0.29) is 6.10 Å². The summed E-state index contributed by atoms with van der Waals surface area (Å²) in [6.07, 6.45) is 12.4. The summed E-state index contributed by atoms with van der Waals surface area (Å²) in [7, 11) is 0. The number of hydrogen-bond donors (Lipinski definition) is 2. The molecule has 4 aliphatic rings. The van der Waals surface area contributed by atoms with Crippen LogP contribution in [0.2, 0.25) is 0 Å². The lowest BCUT2D eigenvalue weighted by Crippen LogP contribution is -2.61. The molecule has 2 heteroatoms. The van der Waals surface area contributed by atoms with Crippen LogP contribution in [0.5, 0.6) is 0 Å². The Balaban J connectivity index is 1.66. The highest BCUT2D eigenvalue weighted by atomic mass is 16.3. The van der Waals surface area contributed by atoms with Gasteiger partial charge in [0.05, 0.1) is 6.10 Å². The minimum atomic E-state index is -0.0777. The zero-order valence-electron chi connectivity index (χ0n) is 13.7. The van der Waals surface area contributed by atoms with Crippen LogP contribution in [0.4, 0.5) is 0 Å². The van der Waals surface area contributed by atoms with Gasteiger partial charge < -0.3 is 10.4 Å². The summed E-state index contributed by atoms with van der Waals surface area (Å²) in [5.74, 6) is 2.61. The molecule has 1 aliphatic heterocycles. The molecule has 2 saturated carbocycles. The van der Waals surface area contributed by atoms with Gasteiger partial charge >= 0.3 is 0 Å². The van der Waals surface area contributed by atoms with E-state index in [9.17, 15) is 5.11 Å². The Morgan fingerprint density at radius 3 is 2.86 bits per heavy atom. The minimum Gasteiger partial charge on any atom is -0.393 e. The van der Waals surface area contributed by atoms with Gasteiger partial charge in [0.1, 0.15) is 0 Å². The Morgan fingerprint density at radius 1 is 1.14 bits per heavy atom. The van der Waals surface area contributed by atoms with Crippen LogP contribution in [0.1, 0.15) is 65.2 Å². The number of aliphatic hydroxyl groups is 1. The molecule has 0 aromatic rings. The van der Waals surface area contributed by atoms with E-state index in [0.717, 1.165) is 30.6 Å².